The number of fused-ring (bicyclic) bond motifs is 1. The molecule has 6 heteroatoms. The summed E-state index contributed by atoms with van der Waals surface area (Å²) in [6, 6.07) is 5.85. The van der Waals surface area contributed by atoms with E-state index < -0.39 is 0 Å². The Morgan fingerprint density at radius 2 is 2.08 bits per heavy atom. The molecule has 1 fully saturated rings. The van der Waals surface area contributed by atoms with Gasteiger partial charge in [-0.25, -0.2) is 0 Å². The number of rotatable bonds is 7. The van der Waals surface area contributed by atoms with Crippen molar-refractivity contribution in [2.24, 2.45) is 10.9 Å². The molecule has 1 heterocycles. The Bertz CT molecular complexity index is 558. The monoisotopic (exact) mass is 333 g/mol. The molecule has 1 aromatic rings. The number of hydrogen-bond donors (Lipinski definition) is 2. The normalized spacial score (nSPS) is 17.3. The molecule has 1 saturated carbocycles. The van der Waals surface area contributed by atoms with Crippen LogP contribution in [0.1, 0.15) is 25.7 Å². The maximum absolute atomic E-state index is 5.71. The molecule has 1 aromatic carbocycles. The SMILES string of the molecule is CN=C(NCCCOCC1CC1)Nc1ccc2c(c1)OCCCO2. The van der Waals surface area contributed by atoms with Crippen LogP contribution in [0.5, 0.6) is 11.5 Å². The smallest absolute Gasteiger partial charge is 0.195 e. The van der Waals surface area contributed by atoms with Crippen molar-refractivity contribution in [3.8, 4) is 11.5 Å². The second kappa shape index (κ2) is 8.78. The van der Waals surface area contributed by atoms with Gasteiger partial charge in [-0.3, -0.25) is 4.99 Å². The van der Waals surface area contributed by atoms with Gasteiger partial charge in [0.05, 0.1) is 13.2 Å². The zero-order valence-corrected chi connectivity index (χ0v) is 14.3. The van der Waals surface area contributed by atoms with Crippen LogP contribution < -0.4 is 20.1 Å². The molecule has 1 aliphatic heterocycles. The lowest BCUT2D eigenvalue weighted by atomic mass is 10.3. The van der Waals surface area contributed by atoms with Crippen LogP contribution in [-0.4, -0.2) is 46.0 Å². The topological polar surface area (TPSA) is 64.1 Å². The molecule has 2 N–H and O–H groups in total. The summed E-state index contributed by atoms with van der Waals surface area (Å²) in [6.07, 6.45) is 4.55. The van der Waals surface area contributed by atoms with Crippen molar-refractivity contribution in [3.63, 3.8) is 0 Å². The second-order valence-electron chi connectivity index (χ2n) is 6.21. The van der Waals surface area contributed by atoms with Gasteiger partial charge >= 0.3 is 0 Å². The number of nitrogens with zero attached hydrogens (tertiary/aromatic N) is 1. The Morgan fingerprint density at radius 3 is 2.88 bits per heavy atom. The van der Waals surface area contributed by atoms with Gasteiger partial charge in [-0.2, -0.15) is 0 Å². The van der Waals surface area contributed by atoms with Crippen LogP contribution in [0.25, 0.3) is 0 Å². The fraction of sp³-hybridized carbons (Fsp3) is 0.611. The summed E-state index contributed by atoms with van der Waals surface area (Å²) in [5.41, 5.74) is 0.928. The minimum atomic E-state index is 0.685. The Balaban J connectivity index is 1.41. The molecule has 0 aromatic heterocycles. The lowest BCUT2D eigenvalue weighted by Crippen LogP contribution is -2.32. The third kappa shape index (κ3) is 5.30. The predicted octanol–water partition coefficient (Wildman–Crippen LogP) is 2.65. The van der Waals surface area contributed by atoms with Gasteiger partial charge in [-0.15, -0.1) is 0 Å². The molecular weight excluding hydrogens is 306 g/mol. The summed E-state index contributed by atoms with van der Waals surface area (Å²) in [5, 5.41) is 6.58. The summed E-state index contributed by atoms with van der Waals surface area (Å²) in [4.78, 5) is 4.25. The first-order chi connectivity index (χ1) is 11.8. The third-order valence-electron chi connectivity index (χ3n) is 4.04. The summed E-state index contributed by atoms with van der Waals surface area (Å²) < 4.78 is 17.0. The molecule has 24 heavy (non-hydrogen) atoms. The van der Waals surface area contributed by atoms with Gasteiger partial charge in [0.25, 0.3) is 0 Å². The lowest BCUT2D eigenvalue weighted by molar-refractivity contribution is 0.123. The predicted molar refractivity (Wildman–Crippen MR) is 95.2 cm³/mol. The Kier molecular flexibility index (Phi) is 6.18. The second-order valence-corrected chi connectivity index (χ2v) is 6.21. The van der Waals surface area contributed by atoms with E-state index in [1.54, 1.807) is 7.05 Å². The molecule has 3 rings (SSSR count). The first-order valence-corrected chi connectivity index (χ1v) is 8.80. The summed E-state index contributed by atoms with van der Waals surface area (Å²) in [6.45, 7) is 3.93. The standard InChI is InChI=1S/C18H27N3O3/c1-19-18(20-8-2-9-22-13-14-4-5-14)21-15-6-7-16-17(12-15)24-11-3-10-23-16/h6-7,12,14H,2-5,8-11,13H2,1H3,(H2,19,20,21). The number of guanidine groups is 1. The molecule has 0 spiro atoms. The van der Waals surface area contributed by atoms with E-state index in [9.17, 15) is 0 Å². The largest absolute Gasteiger partial charge is 0.490 e. The van der Waals surface area contributed by atoms with Crippen molar-refractivity contribution in [2.45, 2.75) is 25.7 Å². The van der Waals surface area contributed by atoms with Crippen LogP contribution in [0.15, 0.2) is 23.2 Å². The van der Waals surface area contributed by atoms with Crippen molar-refractivity contribution in [2.75, 3.05) is 45.3 Å². The van der Waals surface area contributed by atoms with E-state index in [2.05, 4.69) is 15.6 Å². The molecule has 0 saturated heterocycles. The highest BCUT2D eigenvalue weighted by molar-refractivity contribution is 5.93. The van der Waals surface area contributed by atoms with Crippen molar-refractivity contribution < 1.29 is 14.2 Å². The number of aliphatic imine (C=N–C) groups is 1. The Morgan fingerprint density at radius 1 is 1.25 bits per heavy atom. The minimum Gasteiger partial charge on any atom is -0.490 e. The number of benzene rings is 1. The fourth-order valence-corrected chi connectivity index (χ4v) is 2.47. The van der Waals surface area contributed by atoms with E-state index in [4.69, 9.17) is 14.2 Å². The third-order valence-corrected chi connectivity index (χ3v) is 4.04. The average Bonchev–Trinajstić information content (AvgIpc) is 3.43. The van der Waals surface area contributed by atoms with Gasteiger partial charge in [-0.1, -0.05) is 0 Å². The molecule has 0 amide bonds. The highest BCUT2D eigenvalue weighted by Crippen LogP contribution is 2.32. The molecule has 2 aliphatic rings. The van der Waals surface area contributed by atoms with Crippen molar-refractivity contribution >= 4 is 11.6 Å². The summed E-state index contributed by atoms with van der Waals surface area (Å²) >= 11 is 0. The quantitative estimate of drug-likeness (QED) is 0.456. The number of hydrogen-bond acceptors (Lipinski definition) is 4. The average molecular weight is 333 g/mol. The zero-order chi connectivity index (χ0) is 16.6. The first-order valence-electron chi connectivity index (χ1n) is 8.80. The van der Waals surface area contributed by atoms with Gasteiger partial charge < -0.3 is 24.8 Å². The van der Waals surface area contributed by atoms with Gasteiger partial charge in [0, 0.05) is 45.0 Å². The molecular formula is C18H27N3O3. The van der Waals surface area contributed by atoms with Gasteiger partial charge in [0.2, 0.25) is 0 Å². The van der Waals surface area contributed by atoms with Crippen LogP contribution in [-0.2, 0) is 4.74 Å². The van der Waals surface area contributed by atoms with Gasteiger partial charge in [0.1, 0.15) is 0 Å². The lowest BCUT2D eigenvalue weighted by Gasteiger charge is -2.14. The molecule has 0 atom stereocenters. The van der Waals surface area contributed by atoms with Crippen LogP contribution in [0.2, 0.25) is 0 Å². The highest BCUT2D eigenvalue weighted by Gasteiger charge is 2.20. The molecule has 6 nitrogen and oxygen atoms in total. The number of anilines is 1. The van der Waals surface area contributed by atoms with E-state index in [-0.39, 0.29) is 0 Å². The minimum absolute atomic E-state index is 0.685. The van der Waals surface area contributed by atoms with E-state index in [0.717, 1.165) is 61.7 Å². The summed E-state index contributed by atoms with van der Waals surface area (Å²) in [5.74, 6) is 3.15. The van der Waals surface area contributed by atoms with Crippen LogP contribution >= 0.6 is 0 Å². The van der Waals surface area contributed by atoms with E-state index in [1.165, 1.54) is 12.8 Å². The summed E-state index contributed by atoms with van der Waals surface area (Å²) in [7, 11) is 1.77. The van der Waals surface area contributed by atoms with Crippen molar-refractivity contribution in [1.82, 2.24) is 5.32 Å². The Labute approximate surface area is 143 Å². The van der Waals surface area contributed by atoms with Crippen molar-refractivity contribution in [1.29, 1.82) is 0 Å². The highest BCUT2D eigenvalue weighted by atomic mass is 16.5. The maximum atomic E-state index is 5.71. The van der Waals surface area contributed by atoms with E-state index in [0.29, 0.717) is 13.2 Å². The number of ether oxygens (including phenoxy) is 3. The van der Waals surface area contributed by atoms with Crippen LogP contribution in [0.3, 0.4) is 0 Å². The number of nitrogens with one attached hydrogen (secondary N) is 2. The van der Waals surface area contributed by atoms with E-state index in [1.807, 2.05) is 18.2 Å². The van der Waals surface area contributed by atoms with E-state index >= 15 is 0 Å². The fourth-order valence-electron chi connectivity index (χ4n) is 2.47. The zero-order valence-electron chi connectivity index (χ0n) is 14.3. The van der Waals surface area contributed by atoms with Crippen molar-refractivity contribution in [3.05, 3.63) is 18.2 Å². The molecule has 132 valence electrons. The van der Waals surface area contributed by atoms with Crippen LogP contribution in [0, 0.1) is 5.92 Å². The molecule has 1 aliphatic carbocycles. The molecule has 0 unspecified atom stereocenters. The van der Waals surface area contributed by atoms with Crippen LogP contribution in [0.4, 0.5) is 5.69 Å². The molecule has 0 radical (unpaired) electrons. The van der Waals surface area contributed by atoms with Gasteiger partial charge in [-0.05, 0) is 37.3 Å². The molecule has 0 bridgehead atoms. The maximum Gasteiger partial charge on any atom is 0.195 e. The first kappa shape index (κ1) is 16.9. The Hall–Kier alpha value is -1.95. The van der Waals surface area contributed by atoms with Gasteiger partial charge in [0.15, 0.2) is 17.5 Å².